The Kier molecular flexibility index (Phi) is 6.29. The Balaban J connectivity index is 1.76. The van der Waals surface area contributed by atoms with E-state index in [9.17, 15) is 14.4 Å². The Labute approximate surface area is 183 Å². The first kappa shape index (κ1) is 21.0. The monoisotopic (exact) mass is 440 g/mol. The third-order valence-corrected chi connectivity index (χ3v) is 5.44. The van der Waals surface area contributed by atoms with Crippen molar-refractivity contribution in [2.24, 2.45) is 0 Å². The number of rotatable bonds is 6. The Bertz CT molecular complexity index is 1200. The van der Waals surface area contributed by atoms with Gasteiger partial charge < -0.3 is 10.1 Å². The first-order chi connectivity index (χ1) is 15.0. The van der Waals surface area contributed by atoms with Crippen molar-refractivity contribution in [2.75, 3.05) is 13.2 Å². The van der Waals surface area contributed by atoms with E-state index in [1.165, 1.54) is 0 Å². The van der Waals surface area contributed by atoms with Crippen molar-refractivity contribution in [1.82, 2.24) is 19.7 Å². The highest BCUT2D eigenvalue weighted by molar-refractivity contribution is 6.31. The average Bonchev–Trinajstić information content (AvgIpc) is 3.31. The molecule has 1 aliphatic rings. The van der Waals surface area contributed by atoms with Crippen molar-refractivity contribution in [2.45, 2.75) is 25.5 Å². The fourth-order valence-corrected chi connectivity index (χ4v) is 3.62. The van der Waals surface area contributed by atoms with E-state index >= 15 is 0 Å². The van der Waals surface area contributed by atoms with E-state index in [1.807, 2.05) is 0 Å². The molecule has 160 valence electrons. The van der Waals surface area contributed by atoms with E-state index in [0.29, 0.717) is 22.9 Å². The number of para-hydroxylation sites is 1. The van der Waals surface area contributed by atoms with E-state index in [4.69, 9.17) is 16.3 Å². The highest BCUT2D eigenvalue weighted by Gasteiger charge is 2.23. The summed E-state index contributed by atoms with van der Waals surface area (Å²) >= 11 is 6.23. The molecule has 1 saturated heterocycles. The second-order valence-electron chi connectivity index (χ2n) is 7.21. The zero-order chi connectivity index (χ0) is 21.8. The Morgan fingerprint density at radius 2 is 1.87 bits per heavy atom. The summed E-state index contributed by atoms with van der Waals surface area (Å²) in [5, 5.41) is 7.22. The molecule has 0 spiro atoms. The van der Waals surface area contributed by atoms with E-state index < -0.39 is 17.2 Å². The predicted octanol–water partition coefficient (Wildman–Crippen LogP) is 2.00. The number of benzene rings is 2. The normalized spacial score (nSPS) is 15.7. The van der Waals surface area contributed by atoms with Crippen LogP contribution in [-0.4, -0.2) is 39.5 Å². The van der Waals surface area contributed by atoms with E-state index in [1.54, 1.807) is 54.6 Å². The van der Waals surface area contributed by atoms with Crippen LogP contribution in [0, 0.1) is 0 Å². The molecule has 0 radical (unpaired) electrons. The largest absolute Gasteiger partial charge is 0.376 e. The number of nitrogens with one attached hydrogen (secondary N) is 1. The number of hydrogen-bond acceptors (Lipinski definition) is 5. The van der Waals surface area contributed by atoms with Crippen molar-refractivity contribution >= 4 is 17.5 Å². The van der Waals surface area contributed by atoms with Crippen LogP contribution in [0.1, 0.15) is 28.9 Å². The first-order valence-electron chi connectivity index (χ1n) is 9.97. The zero-order valence-electron chi connectivity index (χ0n) is 16.7. The van der Waals surface area contributed by atoms with Crippen molar-refractivity contribution < 1.29 is 9.53 Å². The molecule has 1 atom stereocenters. The summed E-state index contributed by atoms with van der Waals surface area (Å²) in [6, 6.07) is 15.5. The predicted molar refractivity (Wildman–Crippen MR) is 116 cm³/mol. The van der Waals surface area contributed by atoms with Gasteiger partial charge in [-0.1, -0.05) is 48.0 Å². The van der Waals surface area contributed by atoms with Gasteiger partial charge in [-0.15, -0.1) is 0 Å². The lowest BCUT2D eigenvalue weighted by atomic mass is 10.2. The van der Waals surface area contributed by atoms with Gasteiger partial charge in [0, 0.05) is 18.2 Å². The van der Waals surface area contributed by atoms with Crippen LogP contribution in [0.3, 0.4) is 0 Å². The molecule has 1 fully saturated rings. The number of nitrogens with zero attached hydrogens (tertiary/aromatic N) is 3. The second kappa shape index (κ2) is 9.28. The van der Waals surface area contributed by atoms with Crippen LogP contribution in [0.25, 0.3) is 5.69 Å². The molecule has 1 unspecified atom stereocenters. The summed E-state index contributed by atoms with van der Waals surface area (Å²) in [6.45, 7) is 0.843. The number of carbonyl (C=O) groups is 1. The molecular weight excluding hydrogens is 420 g/mol. The number of ether oxygens (including phenoxy) is 1. The fraction of sp³-hybridized carbons (Fsp3) is 0.273. The quantitative estimate of drug-likeness (QED) is 0.632. The van der Waals surface area contributed by atoms with Crippen molar-refractivity contribution in [3.63, 3.8) is 0 Å². The average molecular weight is 441 g/mol. The Morgan fingerprint density at radius 3 is 2.58 bits per heavy atom. The molecule has 2 heterocycles. The number of amides is 1. The molecule has 0 aliphatic carbocycles. The highest BCUT2D eigenvalue weighted by atomic mass is 35.5. The third-order valence-electron chi connectivity index (χ3n) is 5.08. The minimum Gasteiger partial charge on any atom is -0.376 e. The molecule has 4 rings (SSSR count). The van der Waals surface area contributed by atoms with Gasteiger partial charge in [0.2, 0.25) is 5.69 Å². The summed E-state index contributed by atoms with van der Waals surface area (Å²) in [5.74, 6) is -0.655. The van der Waals surface area contributed by atoms with Crippen LogP contribution in [0.15, 0.2) is 64.2 Å². The Morgan fingerprint density at radius 1 is 1.13 bits per heavy atom. The second-order valence-corrected chi connectivity index (χ2v) is 7.61. The molecule has 2 aromatic carbocycles. The summed E-state index contributed by atoms with van der Waals surface area (Å²) in [5.41, 5.74) is -0.782. The molecule has 1 aromatic heterocycles. The lowest BCUT2D eigenvalue weighted by Gasteiger charge is -2.14. The van der Waals surface area contributed by atoms with Gasteiger partial charge in [-0.2, -0.15) is 9.78 Å². The SMILES string of the molecule is O=C(NCC1CCCO1)c1nn(-c2ccccc2)c(=O)n(Cc2ccccc2Cl)c1=O. The molecule has 9 heteroatoms. The van der Waals surface area contributed by atoms with Gasteiger partial charge in [-0.05, 0) is 36.6 Å². The van der Waals surface area contributed by atoms with Crippen LogP contribution >= 0.6 is 11.6 Å². The third kappa shape index (κ3) is 4.60. The van der Waals surface area contributed by atoms with Crippen molar-refractivity contribution in [1.29, 1.82) is 0 Å². The van der Waals surface area contributed by atoms with Gasteiger partial charge in [-0.3, -0.25) is 14.2 Å². The maximum Gasteiger partial charge on any atom is 0.352 e. The molecule has 3 aromatic rings. The summed E-state index contributed by atoms with van der Waals surface area (Å²) in [4.78, 5) is 39.0. The van der Waals surface area contributed by atoms with Crippen LogP contribution in [0.2, 0.25) is 5.02 Å². The number of aromatic nitrogens is 3. The van der Waals surface area contributed by atoms with E-state index in [0.717, 1.165) is 22.1 Å². The highest BCUT2D eigenvalue weighted by Crippen LogP contribution is 2.15. The minimum absolute atomic E-state index is 0.0846. The maximum atomic E-state index is 13.1. The Hall–Kier alpha value is -3.23. The van der Waals surface area contributed by atoms with Gasteiger partial charge in [0.25, 0.3) is 11.5 Å². The van der Waals surface area contributed by atoms with Crippen molar-refractivity contribution in [3.8, 4) is 5.69 Å². The van der Waals surface area contributed by atoms with E-state index in [-0.39, 0.29) is 24.9 Å². The van der Waals surface area contributed by atoms with Gasteiger partial charge >= 0.3 is 5.69 Å². The van der Waals surface area contributed by atoms with Gasteiger partial charge in [-0.25, -0.2) is 4.79 Å². The smallest absolute Gasteiger partial charge is 0.352 e. The standard InChI is InChI=1S/C22H21ClN4O4/c23-18-11-5-4-7-15(18)14-26-21(29)19(20(28)24-13-17-10-6-12-31-17)25-27(22(26)30)16-8-2-1-3-9-16/h1-5,7-9,11,17H,6,10,12-14H2,(H,24,28). The molecule has 1 N–H and O–H groups in total. The molecular formula is C22H21ClN4O4. The maximum absolute atomic E-state index is 13.1. The summed E-state index contributed by atoms with van der Waals surface area (Å²) < 4.78 is 7.54. The van der Waals surface area contributed by atoms with Crippen LogP contribution in [-0.2, 0) is 11.3 Å². The van der Waals surface area contributed by atoms with Gasteiger partial charge in [0.15, 0.2) is 0 Å². The minimum atomic E-state index is -0.776. The zero-order valence-corrected chi connectivity index (χ0v) is 17.4. The topological polar surface area (TPSA) is 95.2 Å². The van der Waals surface area contributed by atoms with Crippen molar-refractivity contribution in [3.05, 3.63) is 91.7 Å². The summed E-state index contributed by atoms with van der Waals surface area (Å²) in [6.07, 6.45) is 1.69. The molecule has 1 amide bonds. The molecule has 31 heavy (non-hydrogen) atoms. The summed E-state index contributed by atoms with van der Waals surface area (Å²) in [7, 11) is 0. The lowest BCUT2D eigenvalue weighted by Crippen LogP contribution is -2.46. The van der Waals surface area contributed by atoms with Crippen LogP contribution < -0.4 is 16.6 Å². The van der Waals surface area contributed by atoms with Crippen LogP contribution in [0.5, 0.6) is 0 Å². The first-order valence-corrected chi connectivity index (χ1v) is 10.3. The molecule has 0 bridgehead atoms. The number of carbonyl (C=O) groups excluding carboxylic acids is 1. The van der Waals surface area contributed by atoms with Gasteiger partial charge in [0.05, 0.1) is 18.3 Å². The fourth-order valence-electron chi connectivity index (χ4n) is 3.43. The molecule has 8 nitrogen and oxygen atoms in total. The van der Waals surface area contributed by atoms with Gasteiger partial charge in [0.1, 0.15) is 0 Å². The van der Waals surface area contributed by atoms with E-state index in [2.05, 4.69) is 10.4 Å². The molecule has 1 aliphatic heterocycles. The lowest BCUT2D eigenvalue weighted by molar-refractivity contribution is 0.0849. The number of halogens is 1. The molecule has 0 saturated carbocycles. The number of hydrogen-bond donors (Lipinski definition) is 1. The van der Waals surface area contributed by atoms with Crippen LogP contribution in [0.4, 0.5) is 0 Å².